The van der Waals surface area contributed by atoms with Gasteiger partial charge >= 0.3 is 5.97 Å². The van der Waals surface area contributed by atoms with Crippen LogP contribution in [0.2, 0.25) is 0 Å². The second-order valence-corrected chi connectivity index (χ2v) is 6.16. The van der Waals surface area contributed by atoms with Crippen LogP contribution in [-0.2, 0) is 11.3 Å². The molecule has 0 unspecified atom stereocenters. The number of hydrogen-bond acceptors (Lipinski definition) is 4. The fourth-order valence-corrected chi connectivity index (χ4v) is 3.01. The number of carbonyl (C=O) groups excluding carboxylic acids is 1. The molecule has 0 aliphatic rings. The standard InChI is InChI=1S/C19H17IN2O3/c1-2-24-18-16(19(23)25-13-14-9-5-3-6-10-14)17(21-22(18)20)15-11-7-4-8-12-15/h3-12H,2,13H2,1H3. The van der Waals surface area contributed by atoms with Gasteiger partial charge in [0, 0.05) is 5.56 Å². The van der Waals surface area contributed by atoms with Crippen molar-refractivity contribution in [3.8, 4) is 17.1 Å². The topological polar surface area (TPSA) is 53.4 Å². The maximum Gasteiger partial charge on any atom is 0.346 e. The number of carbonyl (C=O) groups is 1. The minimum atomic E-state index is -0.450. The fourth-order valence-electron chi connectivity index (χ4n) is 2.42. The van der Waals surface area contributed by atoms with Gasteiger partial charge in [0.2, 0.25) is 5.88 Å². The van der Waals surface area contributed by atoms with Crippen LogP contribution in [0.15, 0.2) is 60.7 Å². The maximum absolute atomic E-state index is 12.8. The molecule has 0 atom stereocenters. The van der Waals surface area contributed by atoms with E-state index in [0.717, 1.165) is 11.1 Å². The van der Waals surface area contributed by atoms with E-state index in [1.807, 2.05) is 90.5 Å². The van der Waals surface area contributed by atoms with Gasteiger partial charge in [-0.3, -0.25) is 0 Å². The molecular weight excluding hydrogens is 431 g/mol. The number of benzene rings is 2. The molecule has 128 valence electrons. The highest BCUT2D eigenvalue weighted by atomic mass is 127. The molecular formula is C19H17IN2O3. The zero-order valence-electron chi connectivity index (χ0n) is 13.7. The number of hydrogen-bond donors (Lipinski definition) is 0. The van der Waals surface area contributed by atoms with Crippen molar-refractivity contribution in [3.63, 3.8) is 0 Å². The molecule has 3 rings (SSSR count). The Balaban J connectivity index is 1.93. The Kier molecular flexibility index (Phi) is 5.70. The van der Waals surface area contributed by atoms with Crippen molar-refractivity contribution in [2.75, 3.05) is 6.61 Å². The zero-order chi connectivity index (χ0) is 17.6. The van der Waals surface area contributed by atoms with Gasteiger partial charge in [0.25, 0.3) is 0 Å². The molecule has 0 fully saturated rings. The van der Waals surface area contributed by atoms with Gasteiger partial charge in [0.1, 0.15) is 12.3 Å². The normalized spacial score (nSPS) is 10.5. The molecule has 25 heavy (non-hydrogen) atoms. The molecule has 0 saturated heterocycles. The van der Waals surface area contributed by atoms with E-state index in [1.54, 1.807) is 2.90 Å². The van der Waals surface area contributed by atoms with Crippen molar-refractivity contribution in [2.24, 2.45) is 0 Å². The Hall–Kier alpha value is -2.35. The summed E-state index contributed by atoms with van der Waals surface area (Å²) in [5, 5.41) is 4.45. The summed E-state index contributed by atoms with van der Waals surface area (Å²) < 4.78 is 12.7. The average molecular weight is 448 g/mol. The van der Waals surface area contributed by atoms with E-state index >= 15 is 0 Å². The summed E-state index contributed by atoms with van der Waals surface area (Å²) in [5.74, 6) is -0.0471. The number of halogens is 1. The molecule has 0 spiro atoms. The lowest BCUT2D eigenvalue weighted by Crippen LogP contribution is -2.08. The molecule has 0 saturated carbocycles. The average Bonchev–Trinajstić information content (AvgIpc) is 2.98. The summed E-state index contributed by atoms with van der Waals surface area (Å²) >= 11 is 2.00. The summed E-state index contributed by atoms with van der Waals surface area (Å²) in [5.41, 5.74) is 2.66. The molecule has 0 N–H and O–H groups in total. The van der Waals surface area contributed by atoms with Crippen molar-refractivity contribution in [1.82, 2.24) is 7.99 Å². The van der Waals surface area contributed by atoms with Gasteiger partial charge in [0.15, 0.2) is 5.56 Å². The van der Waals surface area contributed by atoms with Crippen molar-refractivity contribution >= 4 is 28.8 Å². The van der Waals surface area contributed by atoms with E-state index in [4.69, 9.17) is 9.47 Å². The van der Waals surface area contributed by atoms with Gasteiger partial charge in [-0.25, -0.2) is 4.79 Å². The predicted octanol–water partition coefficient (Wildman–Crippen LogP) is 4.50. The monoisotopic (exact) mass is 448 g/mol. The minimum Gasteiger partial charge on any atom is -0.477 e. The molecule has 5 nitrogen and oxygen atoms in total. The van der Waals surface area contributed by atoms with Crippen LogP contribution in [0.1, 0.15) is 22.8 Å². The predicted molar refractivity (Wildman–Crippen MR) is 104 cm³/mol. The van der Waals surface area contributed by atoms with E-state index < -0.39 is 5.97 Å². The third-order valence-electron chi connectivity index (χ3n) is 3.55. The Labute approximate surface area is 160 Å². The summed E-state index contributed by atoms with van der Waals surface area (Å²) in [7, 11) is 0. The molecule has 0 aliphatic heterocycles. The third kappa shape index (κ3) is 4.01. The Bertz CT molecular complexity index is 848. The van der Waals surface area contributed by atoms with E-state index in [2.05, 4.69) is 5.10 Å². The van der Waals surface area contributed by atoms with Crippen LogP contribution in [0.4, 0.5) is 0 Å². The number of esters is 1. The van der Waals surface area contributed by atoms with Crippen molar-refractivity contribution in [1.29, 1.82) is 0 Å². The van der Waals surface area contributed by atoms with Crippen LogP contribution in [0.5, 0.6) is 5.88 Å². The van der Waals surface area contributed by atoms with Gasteiger partial charge in [-0.1, -0.05) is 60.7 Å². The third-order valence-corrected chi connectivity index (χ3v) is 4.21. The summed E-state index contributed by atoms with van der Waals surface area (Å²) in [6, 6.07) is 19.1. The number of ether oxygens (including phenoxy) is 2. The maximum atomic E-state index is 12.8. The quantitative estimate of drug-likeness (QED) is 0.412. The van der Waals surface area contributed by atoms with Crippen LogP contribution in [0.3, 0.4) is 0 Å². The second kappa shape index (κ2) is 8.15. The highest BCUT2D eigenvalue weighted by Crippen LogP contribution is 2.32. The van der Waals surface area contributed by atoms with E-state index in [-0.39, 0.29) is 6.61 Å². The number of aromatic nitrogens is 2. The number of nitrogens with zero attached hydrogens (tertiary/aromatic N) is 2. The highest BCUT2D eigenvalue weighted by Gasteiger charge is 2.27. The largest absolute Gasteiger partial charge is 0.477 e. The molecule has 1 heterocycles. The molecule has 2 aromatic carbocycles. The first kappa shape index (κ1) is 17.5. The van der Waals surface area contributed by atoms with Crippen LogP contribution < -0.4 is 4.74 Å². The molecule has 0 aliphatic carbocycles. The van der Waals surface area contributed by atoms with Crippen LogP contribution in [-0.4, -0.2) is 20.6 Å². The van der Waals surface area contributed by atoms with Crippen molar-refractivity contribution in [2.45, 2.75) is 13.5 Å². The molecule has 3 aromatic rings. The zero-order valence-corrected chi connectivity index (χ0v) is 15.8. The summed E-state index contributed by atoms with van der Waals surface area (Å²) in [4.78, 5) is 12.8. The second-order valence-electron chi connectivity index (χ2n) is 5.25. The Morgan fingerprint density at radius 3 is 2.36 bits per heavy atom. The molecule has 6 heteroatoms. The molecule has 0 bridgehead atoms. The molecule has 1 aromatic heterocycles. The van der Waals surface area contributed by atoms with E-state index in [0.29, 0.717) is 23.7 Å². The van der Waals surface area contributed by atoms with Crippen molar-refractivity contribution < 1.29 is 14.3 Å². The highest BCUT2D eigenvalue weighted by molar-refractivity contribution is 14.1. The van der Waals surface area contributed by atoms with Crippen LogP contribution >= 0.6 is 22.9 Å². The SMILES string of the molecule is CCOc1c(C(=O)OCc2ccccc2)c(-c2ccccc2)nn1I. The first-order chi connectivity index (χ1) is 12.2. The van der Waals surface area contributed by atoms with Gasteiger partial charge in [-0.05, 0) is 12.5 Å². The minimum absolute atomic E-state index is 0.200. The lowest BCUT2D eigenvalue weighted by Gasteiger charge is -2.08. The summed E-state index contributed by atoms with van der Waals surface area (Å²) in [6.45, 7) is 2.50. The van der Waals surface area contributed by atoms with Crippen molar-refractivity contribution in [3.05, 3.63) is 71.8 Å². The van der Waals surface area contributed by atoms with E-state index in [1.165, 1.54) is 0 Å². The summed E-state index contributed by atoms with van der Waals surface area (Å²) in [6.07, 6.45) is 0. The first-order valence-electron chi connectivity index (χ1n) is 7.89. The first-order valence-corrected chi connectivity index (χ1v) is 8.85. The molecule has 0 amide bonds. The number of rotatable bonds is 6. The lowest BCUT2D eigenvalue weighted by atomic mass is 10.1. The van der Waals surface area contributed by atoms with Gasteiger partial charge in [-0.2, -0.15) is 7.99 Å². The van der Waals surface area contributed by atoms with Crippen LogP contribution in [0, 0.1) is 0 Å². The van der Waals surface area contributed by atoms with Gasteiger partial charge in [0.05, 0.1) is 29.5 Å². The van der Waals surface area contributed by atoms with E-state index in [9.17, 15) is 4.79 Å². The van der Waals surface area contributed by atoms with Crippen LogP contribution in [0.25, 0.3) is 11.3 Å². The fraction of sp³-hybridized carbons (Fsp3) is 0.158. The Morgan fingerprint density at radius 2 is 1.72 bits per heavy atom. The van der Waals surface area contributed by atoms with Gasteiger partial charge in [-0.15, -0.1) is 0 Å². The smallest absolute Gasteiger partial charge is 0.346 e. The lowest BCUT2D eigenvalue weighted by molar-refractivity contribution is 0.0469. The molecule has 0 radical (unpaired) electrons. The Morgan fingerprint density at radius 1 is 1.08 bits per heavy atom. The van der Waals surface area contributed by atoms with Gasteiger partial charge < -0.3 is 9.47 Å².